The van der Waals surface area contributed by atoms with E-state index in [2.05, 4.69) is 15.5 Å². The summed E-state index contributed by atoms with van der Waals surface area (Å²) in [6.45, 7) is 1.48. The Morgan fingerprint density at radius 3 is 2.34 bits per heavy atom. The van der Waals surface area contributed by atoms with Crippen molar-refractivity contribution < 1.29 is 14.5 Å². The van der Waals surface area contributed by atoms with E-state index in [9.17, 15) is 19.7 Å². The zero-order chi connectivity index (χ0) is 21.0. The van der Waals surface area contributed by atoms with Gasteiger partial charge in [0, 0.05) is 36.0 Å². The van der Waals surface area contributed by atoms with Gasteiger partial charge in [0.1, 0.15) is 0 Å². The van der Waals surface area contributed by atoms with Gasteiger partial charge >= 0.3 is 0 Å². The maximum Gasteiger partial charge on any atom is 0.269 e. The van der Waals surface area contributed by atoms with Crippen molar-refractivity contribution >= 4 is 34.8 Å². The Morgan fingerprint density at radius 1 is 1.10 bits per heavy atom. The van der Waals surface area contributed by atoms with Gasteiger partial charge < -0.3 is 9.88 Å². The highest BCUT2D eigenvalue weighted by atomic mass is 32.2. The maximum absolute atomic E-state index is 12.2. The van der Waals surface area contributed by atoms with Gasteiger partial charge in [0.2, 0.25) is 5.91 Å². The number of aromatic nitrogens is 3. The number of nitro groups is 1. The van der Waals surface area contributed by atoms with Crippen LogP contribution in [0.3, 0.4) is 0 Å². The van der Waals surface area contributed by atoms with Crippen LogP contribution >= 0.6 is 11.8 Å². The quantitative estimate of drug-likeness (QED) is 0.274. The van der Waals surface area contributed by atoms with Crippen molar-refractivity contribution in [3.05, 3.63) is 64.2 Å². The summed E-state index contributed by atoms with van der Waals surface area (Å²) in [5, 5.41) is 22.3. The molecule has 1 amide bonds. The van der Waals surface area contributed by atoms with E-state index in [4.69, 9.17) is 0 Å². The number of nitrogens with zero attached hydrogens (tertiary/aromatic N) is 4. The monoisotopic (exact) mass is 411 g/mol. The summed E-state index contributed by atoms with van der Waals surface area (Å²) in [6, 6.07) is 12.7. The number of hydrogen-bond donors (Lipinski definition) is 1. The smallest absolute Gasteiger partial charge is 0.269 e. The second-order valence-corrected chi connectivity index (χ2v) is 7.08. The van der Waals surface area contributed by atoms with E-state index in [1.807, 2.05) is 0 Å². The van der Waals surface area contributed by atoms with Gasteiger partial charge in [0.15, 0.2) is 16.8 Å². The molecule has 1 aromatic heterocycles. The molecule has 2 aromatic carbocycles. The molecule has 0 aliphatic heterocycles. The molecule has 0 aliphatic carbocycles. The number of anilines is 1. The Kier molecular flexibility index (Phi) is 6.03. The van der Waals surface area contributed by atoms with Crippen LogP contribution in [0.5, 0.6) is 0 Å². The van der Waals surface area contributed by atoms with Crippen molar-refractivity contribution in [1.29, 1.82) is 0 Å². The first-order chi connectivity index (χ1) is 13.8. The normalized spacial score (nSPS) is 10.6. The summed E-state index contributed by atoms with van der Waals surface area (Å²) in [5.41, 5.74) is 1.87. The largest absolute Gasteiger partial charge is 0.325 e. The number of non-ortho nitro benzene ring substituents is 1. The highest BCUT2D eigenvalue weighted by Crippen LogP contribution is 2.24. The van der Waals surface area contributed by atoms with E-state index in [0.29, 0.717) is 27.8 Å². The molecule has 0 saturated carbocycles. The van der Waals surface area contributed by atoms with Crippen LogP contribution in [0.4, 0.5) is 11.4 Å². The number of nitrogens with one attached hydrogen (secondary N) is 1. The molecule has 0 aliphatic rings. The minimum absolute atomic E-state index is 0.00137. The zero-order valence-corrected chi connectivity index (χ0v) is 16.5. The molecule has 3 rings (SSSR count). The topological polar surface area (TPSA) is 120 Å². The second-order valence-electron chi connectivity index (χ2n) is 6.14. The Labute approximate surface area is 170 Å². The fourth-order valence-electron chi connectivity index (χ4n) is 2.54. The Balaban J connectivity index is 1.61. The fourth-order valence-corrected chi connectivity index (χ4v) is 3.25. The van der Waals surface area contributed by atoms with Crippen LogP contribution in [0, 0.1) is 10.1 Å². The Bertz CT molecular complexity index is 1060. The summed E-state index contributed by atoms with van der Waals surface area (Å²) in [4.78, 5) is 33.8. The van der Waals surface area contributed by atoms with Gasteiger partial charge in [-0.2, -0.15) is 0 Å². The number of thioether (sulfide) groups is 1. The molecule has 1 N–H and O–H groups in total. The van der Waals surface area contributed by atoms with E-state index >= 15 is 0 Å². The summed E-state index contributed by atoms with van der Waals surface area (Å²) in [7, 11) is 1.76. The standard InChI is InChI=1S/C19H17N5O4S/c1-12(25)13-3-7-15(8-4-13)20-17(26)11-29-19-22-21-18(23(19)2)14-5-9-16(10-6-14)24(27)28/h3-10H,11H2,1-2H3,(H,20,26). The molecule has 10 heteroatoms. The summed E-state index contributed by atoms with van der Waals surface area (Å²) in [5.74, 6) is 0.415. The van der Waals surface area contributed by atoms with Gasteiger partial charge in [0.05, 0.1) is 10.7 Å². The van der Waals surface area contributed by atoms with Crippen LogP contribution in [-0.2, 0) is 11.8 Å². The first kappa shape index (κ1) is 20.2. The number of nitro benzene ring substituents is 1. The number of ketones is 1. The van der Waals surface area contributed by atoms with Crippen molar-refractivity contribution in [3.63, 3.8) is 0 Å². The van der Waals surface area contributed by atoms with E-state index in [1.54, 1.807) is 48.0 Å². The molecule has 29 heavy (non-hydrogen) atoms. The summed E-state index contributed by atoms with van der Waals surface area (Å²) >= 11 is 1.22. The molecular formula is C19H17N5O4S. The van der Waals surface area contributed by atoms with Crippen LogP contribution < -0.4 is 5.32 Å². The molecule has 0 bridgehead atoms. The minimum Gasteiger partial charge on any atom is -0.325 e. The van der Waals surface area contributed by atoms with E-state index < -0.39 is 4.92 Å². The van der Waals surface area contributed by atoms with Crippen LogP contribution in [0.25, 0.3) is 11.4 Å². The summed E-state index contributed by atoms with van der Waals surface area (Å²) in [6.07, 6.45) is 0. The Hall–Kier alpha value is -3.53. The lowest BCUT2D eigenvalue weighted by Crippen LogP contribution is -2.14. The van der Waals surface area contributed by atoms with Crippen LogP contribution in [0.1, 0.15) is 17.3 Å². The molecule has 3 aromatic rings. The zero-order valence-electron chi connectivity index (χ0n) is 15.7. The number of carbonyl (C=O) groups is 2. The van der Waals surface area contributed by atoms with Crippen LogP contribution in [0.15, 0.2) is 53.7 Å². The first-order valence-electron chi connectivity index (χ1n) is 8.53. The second kappa shape index (κ2) is 8.65. The summed E-state index contributed by atoms with van der Waals surface area (Å²) < 4.78 is 1.72. The molecule has 1 heterocycles. The van der Waals surface area contributed by atoms with Gasteiger partial charge in [-0.25, -0.2) is 0 Å². The van der Waals surface area contributed by atoms with Gasteiger partial charge in [0.25, 0.3) is 5.69 Å². The van der Waals surface area contributed by atoms with Crippen molar-refractivity contribution in [3.8, 4) is 11.4 Å². The molecule has 9 nitrogen and oxygen atoms in total. The third-order valence-electron chi connectivity index (χ3n) is 4.08. The number of rotatable bonds is 7. The SMILES string of the molecule is CC(=O)c1ccc(NC(=O)CSc2nnc(-c3ccc([N+](=O)[O-])cc3)n2C)cc1. The average Bonchev–Trinajstić information content (AvgIpc) is 3.07. The highest BCUT2D eigenvalue weighted by Gasteiger charge is 2.14. The highest BCUT2D eigenvalue weighted by molar-refractivity contribution is 7.99. The lowest BCUT2D eigenvalue weighted by molar-refractivity contribution is -0.384. The predicted octanol–water partition coefficient (Wildman–Crippen LogP) is 3.32. The number of amides is 1. The van der Waals surface area contributed by atoms with Crippen LogP contribution in [0.2, 0.25) is 0 Å². The fraction of sp³-hybridized carbons (Fsp3) is 0.158. The number of Topliss-reactive ketones (excluding diaryl/α,β-unsaturated/α-hetero) is 1. The van der Waals surface area contributed by atoms with E-state index in [0.717, 1.165) is 0 Å². The third-order valence-corrected chi connectivity index (χ3v) is 5.10. The van der Waals surface area contributed by atoms with Gasteiger partial charge in [-0.3, -0.25) is 19.7 Å². The van der Waals surface area contributed by atoms with Crippen molar-refractivity contribution in [2.75, 3.05) is 11.1 Å². The maximum atomic E-state index is 12.2. The number of carbonyl (C=O) groups excluding carboxylic acids is 2. The third kappa shape index (κ3) is 4.85. The van der Waals surface area contributed by atoms with Crippen LogP contribution in [-0.4, -0.2) is 37.1 Å². The van der Waals surface area contributed by atoms with E-state index in [1.165, 1.54) is 30.8 Å². The molecule has 148 valence electrons. The van der Waals surface area contributed by atoms with Crippen molar-refractivity contribution in [1.82, 2.24) is 14.8 Å². The average molecular weight is 411 g/mol. The number of benzene rings is 2. The first-order valence-corrected chi connectivity index (χ1v) is 9.51. The molecule has 0 spiro atoms. The van der Waals surface area contributed by atoms with Crippen molar-refractivity contribution in [2.24, 2.45) is 7.05 Å². The van der Waals surface area contributed by atoms with Crippen molar-refractivity contribution in [2.45, 2.75) is 12.1 Å². The minimum atomic E-state index is -0.464. The molecular weight excluding hydrogens is 394 g/mol. The van der Waals surface area contributed by atoms with Gasteiger partial charge in [-0.05, 0) is 43.3 Å². The molecule has 0 radical (unpaired) electrons. The van der Waals surface area contributed by atoms with Gasteiger partial charge in [-0.1, -0.05) is 11.8 Å². The van der Waals surface area contributed by atoms with Gasteiger partial charge in [-0.15, -0.1) is 10.2 Å². The molecule has 0 fully saturated rings. The molecule has 0 saturated heterocycles. The molecule has 0 atom stereocenters. The number of hydrogen-bond acceptors (Lipinski definition) is 7. The lowest BCUT2D eigenvalue weighted by Gasteiger charge is -2.06. The Morgan fingerprint density at radius 2 is 1.76 bits per heavy atom. The molecule has 0 unspecified atom stereocenters. The van der Waals surface area contributed by atoms with E-state index in [-0.39, 0.29) is 23.1 Å². The lowest BCUT2D eigenvalue weighted by atomic mass is 10.1. The predicted molar refractivity (Wildman–Crippen MR) is 109 cm³/mol.